The molecule has 2 N–H and O–H groups in total. The first-order valence-corrected chi connectivity index (χ1v) is 3.89. The molecular formula is C8H11N4+. The van der Waals surface area contributed by atoms with Crippen LogP contribution in [0.1, 0.15) is 17.3 Å². The topological polar surface area (TPSA) is 55.7 Å². The van der Waals surface area contributed by atoms with Gasteiger partial charge in [0, 0.05) is 13.8 Å². The number of aromatic amines is 2. The van der Waals surface area contributed by atoms with Crippen LogP contribution in [0, 0.1) is 20.8 Å². The van der Waals surface area contributed by atoms with Crippen LogP contribution >= 0.6 is 0 Å². The molecule has 62 valence electrons. The number of H-pyrrole nitrogens is 2. The molecule has 4 nitrogen and oxygen atoms in total. The number of nitrogens with one attached hydrogen (secondary N) is 2. The van der Waals surface area contributed by atoms with E-state index in [1.807, 2.05) is 20.8 Å². The maximum Gasteiger partial charge on any atom is 0.303 e. The van der Waals surface area contributed by atoms with Crippen LogP contribution in [0.5, 0.6) is 0 Å². The Balaban J connectivity index is 2.88. The van der Waals surface area contributed by atoms with Gasteiger partial charge in [0.15, 0.2) is 11.3 Å². The highest BCUT2D eigenvalue weighted by Crippen LogP contribution is 2.08. The van der Waals surface area contributed by atoms with E-state index >= 15 is 0 Å². The Morgan fingerprint density at radius 3 is 2.67 bits per heavy atom. The van der Waals surface area contributed by atoms with Gasteiger partial charge in [0.2, 0.25) is 5.82 Å². The Kier molecular flexibility index (Phi) is 1.36. The molecule has 4 heteroatoms. The van der Waals surface area contributed by atoms with Crippen molar-refractivity contribution in [2.75, 3.05) is 0 Å². The lowest BCUT2D eigenvalue weighted by molar-refractivity contribution is -0.357. The van der Waals surface area contributed by atoms with E-state index in [1.165, 1.54) is 0 Å². The maximum absolute atomic E-state index is 4.26. The quantitative estimate of drug-likeness (QED) is 0.621. The van der Waals surface area contributed by atoms with Gasteiger partial charge in [0.1, 0.15) is 0 Å². The molecule has 0 saturated heterocycles. The molecule has 0 amide bonds. The Morgan fingerprint density at radius 1 is 1.17 bits per heavy atom. The lowest BCUT2D eigenvalue weighted by atomic mass is 10.4. The largest absolute Gasteiger partial charge is 0.303 e. The van der Waals surface area contributed by atoms with Crippen molar-refractivity contribution in [1.29, 1.82) is 0 Å². The van der Waals surface area contributed by atoms with E-state index in [2.05, 4.69) is 19.9 Å². The molecule has 0 fully saturated rings. The molecule has 12 heavy (non-hydrogen) atoms. The summed E-state index contributed by atoms with van der Waals surface area (Å²) in [6.45, 7) is 5.83. The molecule has 0 radical (unpaired) electrons. The summed E-state index contributed by atoms with van der Waals surface area (Å²) in [5.74, 6) is 1.81. The van der Waals surface area contributed by atoms with Crippen LogP contribution in [0.2, 0.25) is 0 Å². The van der Waals surface area contributed by atoms with Gasteiger partial charge in [-0.25, -0.2) is 9.97 Å². The SMILES string of the molecule is Cc1nc(C)c2[nH]c(C)[nH+]c2n1. The fraction of sp³-hybridized carbons (Fsp3) is 0.375. The zero-order valence-electron chi connectivity index (χ0n) is 7.39. The number of hydrogen-bond acceptors (Lipinski definition) is 2. The van der Waals surface area contributed by atoms with E-state index in [1.54, 1.807) is 0 Å². The summed E-state index contributed by atoms with van der Waals surface area (Å²) in [4.78, 5) is 14.8. The number of imidazole rings is 1. The van der Waals surface area contributed by atoms with Crippen LogP contribution in [0.4, 0.5) is 0 Å². The second kappa shape index (κ2) is 2.27. The molecule has 0 aliphatic rings. The summed E-state index contributed by atoms with van der Waals surface area (Å²) < 4.78 is 0. The van der Waals surface area contributed by atoms with Gasteiger partial charge in [-0.05, 0) is 6.92 Å². The van der Waals surface area contributed by atoms with Gasteiger partial charge in [-0.15, -0.1) is 0 Å². The van der Waals surface area contributed by atoms with Gasteiger partial charge in [-0.1, -0.05) is 4.98 Å². The maximum atomic E-state index is 4.26. The number of hydrogen-bond donors (Lipinski definition) is 1. The summed E-state index contributed by atoms with van der Waals surface area (Å²) >= 11 is 0. The van der Waals surface area contributed by atoms with Gasteiger partial charge in [0.05, 0.1) is 5.69 Å². The molecule has 0 unspecified atom stereocenters. The molecule has 0 bridgehead atoms. The number of nitrogens with zero attached hydrogens (tertiary/aromatic N) is 2. The van der Waals surface area contributed by atoms with Crippen molar-refractivity contribution in [3.63, 3.8) is 0 Å². The summed E-state index contributed by atoms with van der Waals surface area (Å²) in [5.41, 5.74) is 2.87. The molecule has 0 saturated carbocycles. The number of aromatic nitrogens is 4. The lowest BCUT2D eigenvalue weighted by Gasteiger charge is -1.88. The van der Waals surface area contributed by atoms with Crippen LogP contribution in [0.3, 0.4) is 0 Å². The first-order valence-electron chi connectivity index (χ1n) is 3.89. The van der Waals surface area contributed by atoms with E-state index in [9.17, 15) is 0 Å². The van der Waals surface area contributed by atoms with E-state index in [-0.39, 0.29) is 0 Å². The van der Waals surface area contributed by atoms with Crippen LogP contribution in [-0.2, 0) is 0 Å². The van der Waals surface area contributed by atoms with E-state index in [4.69, 9.17) is 0 Å². The molecule has 0 aromatic carbocycles. The minimum Gasteiger partial charge on any atom is -0.270 e. The van der Waals surface area contributed by atoms with Crippen LogP contribution in [0.25, 0.3) is 11.2 Å². The smallest absolute Gasteiger partial charge is 0.270 e. The Hall–Kier alpha value is -1.45. The molecule has 0 aliphatic carbocycles. The minimum atomic E-state index is 0.801. The van der Waals surface area contributed by atoms with Gasteiger partial charge in [-0.3, -0.25) is 4.98 Å². The summed E-state index contributed by atoms with van der Waals surface area (Å²) in [6.07, 6.45) is 0. The fourth-order valence-electron chi connectivity index (χ4n) is 1.35. The normalized spacial score (nSPS) is 10.9. The van der Waals surface area contributed by atoms with Crippen molar-refractivity contribution in [2.24, 2.45) is 0 Å². The third-order valence-electron chi connectivity index (χ3n) is 1.82. The van der Waals surface area contributed by atoms with Crippen molar-refractivity contribution in [3.05, 3.63) is 17.3 Å². The predicted octanol–water partition coefficient (Wildman–Crippen LogP) is 0.697. The standard InChI is InChI=1S/C8H10N4/c1-4-7-8(11-5(2)9-4)12-6(3)10-7/h1-3H3,(H,9,10,11,12)/p+1. The highest BCUT2D eigenvalue weighted by molar-refractivity contribution is 5.69. The third-order valence-corrected chi connectivity index (χ3v) is 1.82. The van der Waals surface area contributed by atoms with Crippen LogP contribution in [0.15, 0.2) is 0 Å². The Labute approximate surface area is 70.1 Å². The molecule has 0 spiro atoms. The van der Waals surface area contributed by atoms with E-state index < -0.39 is 0 Å². The average molecular weight is 163 g/mol. The van der Waals surface area contributed by atoms with Gasteiger partial charge in [0.25, 0.3) is 0 Å². The second-order valence-corrected chi connectivity index (χ2v) is 2.95. The Bertz CT molecular complexity index is 430. The zero-order valence-corrected chi connectivity index (χ0v) is 7.39. The molecule has 2 aromatic heterocycles. The van der Waals surface area contributed by atoms with E-state index in [0.29, 0.717) is 0 Å². The molecule has 0 aliphatic heterocycles. The van der Waals surface area contributed by atoms with Crippen molar-refractivity contribution >= 4 is 11.2 Å². The molecule has 0 atom stereocenters. The first kappa shape index (κ1) is 7.21. The zero-order chi connectivity index (χ0) is 8.72. The highest BCUT2D eigenvalue weighted by atomic mass is 15.0. The number of aryl methyl sites for hydroxylation is 3. The summed E-state index contributed by atoms with van der Waals surface area (Å²) in [6, 6.07) is 0. The first-order chi connectivity index (χ1) is 5.66. The Morgan fingerprint density at radius 2 is 1.92 bits per heavy atom. The predicted molar refractivity (Wildman–Crippen MR) is 44.7 cm³/mol. The monoisotopic (exact) mass is 163 g/mol. The molecule has 2 aromatic rings. The van der Waals surface area contributed by atoms with E-state index in [0.717, 1.165) is 28.5 Å². The highest BCUT2D eigenvalue weighted by Gasteiger charge is 2.11. The molecule has 2 heterocycles. The van der Waals surface area contributed by atoms with Crippen molar-refractivity contribution in [1.82, 2.24) is 15.0 Å². The van der Waals surface area contributed by atoms with Gasteiger partial charge in [-0.2, -0.15) is 0 Å². The molecular weight excluding hydrogens is 152 g/mol. The van der Waals surface area contributed by atoms with Crippen molar-refractivity contribution in [2.45, 2.75) is 20.8 Å². The number of rotatable bonds is 0. The fourth-order valence-corrected chi connectivity index (χ4v) is 1.35. The third kappa shape index (κ3) is 0.958. The summed E-state index contributed by atoms with van der Waals surface area (Å²) in [5, 5.41) is 0. The second-order valence-electron chi connectivity index (χ2n) is 2.95. The van der Waals surface area contributed by atoms with Crippen molar-refractivity contribution in [3.8, 4) is 0 Å². The van der Waals surface area contributed by atoms with Gasteiger partial charge < -0.3 is 0 Å². The molecule has 2 rings (SSSR count). The summed E-state index contributed by atoms with van der Waals surface area (Å²) in [7, 11) is 0. The van der Waals surface area contributed by atoms with Crippen LogP contribution in [-0.4, -0.2) is 15.0 Å². The number of fused-ring (bicyclic) bond motifs is 1. The minimum absolute atomic E-state index is 0.801. The van der Waals surface area contributed by atoms with Crippen molar-refractivity contribution < 1.29 is 4.98 Å². The van der Waals surface area contributed by atoms with Crippen LogP contribution < -0.4 is 4.98 Å². The lowest BCUT2D eigenvalue weighted by Crippen LogP contribution is -2.04. The average Bonchev–Trinajstić information content (AvgIpc) is 2.29. The van der Waals surface area contributed by atoms with Gasteiger partial charge >= 0.3 is 5.65 Å².